The molecule has 1 saturated heterocycles. The number of nitrogens with zero attached hydrogens (tertiary/aromatic N) is 1. The van der Waals surface area contributed by atoms with E-state index in [0.29, 0.717) is 30.7 Å². The molecule has 0 aromatic carbocycles. The number of hydrogen-bond donors (Lipinski definition) is 4. The van der Waals surface area contributed by atoms with Gasteiger partial charge in [-0.3, -0.25) is 10.1 Å². The van der Waals surface area contributed by atoms with Crippen LogP contribution in [0, 0.1) is 17.3 Å². The summed E-state index contributed by atoms with van der Waals surface area (Å²) in [5.74, 6) is 1.19. The number of thiol groups is 1. The molecule has 4 saturated carbocycles. The summed E-state index contributed by atoms with van der Waals surface area (Å²) in [4.78, 5) is 15.0. The van der Waals surface area contributed by atoms with Gasteiger partial charge in [0.25, 0.3) is 0 Å². The summed E-state index contributed by atoms with van der Waals surface area (Å²) in [5, 5.41) is 22.7. The van der Waals surface area contributed by atoms with Crippen molar-refractivity contribution in [1.29, 1.82) is 0 Å². The van der Waals surface area contributed by atoms with E-state index in [0.717, 1.165) is 38.5 Å². The molecular formula is C17H28BClN2O3S. The van der Waals surface area contributed by atoms with Crippen molar-refractivity contribution < 1.29 is 14.8 Å². The van der Waals surface area contributed by atoms with Crippen LogP contribution in [0.15, 0.2) is 0 Å². The van der Waals surface area contributed by atoms with Crippen molar-refractivity contribution in [2.45, 2.75) is 68.2 Å². The summed E-state index contributed by atoms with van der Waals surface area (Å²) >= 11 is 11.3. The average Bonchev–Trinajstić information content (AvgIpc) is 2.99. The van der Waals surface area contributed by atoms with E-state index in [2.05, 4.69) is 17.9 Å². The maximum Gasteiger partial charge on any atom is 0.475 e. The molecule has 1 amide bonds. The van der Waals surface area contributed by atoms with Gasteiger partial charge < -0.3 is 14.9 Å². The fourth-order valence-corrected chi connectivity index (χ4v) is 7.64. The van der Waals surface area contributed by atoms with E-state index in [9.17, 15) is 14.8 Å². The predicted molar refractivity (Wildman–Crippen MR) is 101 cm³/mol. The van der Waals surface area contributed by atoms with Gasteiger partial charge in [-0.1, -0.05) is 0 Å². The second-order valence-electron chi connectivity index (χ2n) is 8.92. The van der Waals surface area contributed by atoms with Crippen LogP contribution in [0.4, 0.5) is 0 Å². The third-order valence-corrected chi connectivity index (χ3v) is 7.74. The Kier molecular flexibility index (Phi) is 4.85. The molecule has 1 aliphatic heterocycles. The van der Waals surface area contributed by atoms with Crippen LogP contribution in [-0.2, 0) is 4.79 Å². The van der Waals surface area contributed by atoms with Crippen LogP contribution in [0.3, 0.4) is 0 Å². The van der Waals surface area contributed by atoms with E-state index in [1.165, 1.54) is 6.42 Å². The SMILES string of the molecule is O=C(C(NCS)C12CC3CC(CC(Cl)(C3)C1)C2)N1CCCC1B(O)O. The number of rotatable bonds is 5. The first-order chi connectivity index (χ1) is 11.9. The number of likely N-dealkylation sites (tertiary alicyclic amines) is 1. The zero-order valence-corrected chi connectivity index (χ0v) is 16.2. The lowest BCUT2D eigenvalue weighted by atomic mass is 9.47. The van der Waals surface area contributed by atoms with Crippen molar-refractivity contribution in [2.75, 3.05) is 12.4 Å². The van der Waals surface area contributed by atoms with Crippen molar-refractivity contribution in [2.24, 2.45) is 17.3 Å². The van der Waals surface area contributed by atoms with Gasteiger partial charge in [0.2, 0.25) is 5.91 Å². The quantitative estimate of drug-likeness (QED) is 0.249. The summed E-state index contributed by atoms with van der Waals surface area (Å²) in [6.07, 6.45) is 7.86. The molecule has 5 aliphatic rings. The average molecular weight is 387 g/mol. The summed E-state index contributed by atoms with van der Waals surface area (Å²) in [7, 11) is -1.47. The van der Waals surface area contributed by atoms with Crippen molar-refractivity contribution >= 4 is 37.3 Å². The lowest BCUT2D eigenvalue weighted by molar-refractivity contribution is -0.144. The third-order valence-electron chi connectivity index (χ3n) is 7.12. The van der Waals surface area contributed by atoms with Gasteiger partial charge in [0.05, 0.1) is 12.0 Å². The Bertz CT molecular complexity index is 538. The molecule has 3 N–H and O–H groups in total. The number of carbonyl (C=O) groups excluding carboxylic acids is 1. The fourth-order valence-electron chi connectivity index (χ4n) is 6.76. The molecule has 0 radical (unpaired) electrons. The summed E-state index contributed by atoms with van der Waals surface area (Å²) < 4.78 is 0. The predicted octanol–water partition coefficient (Wildman–Crippen LogP) is 1.41. The highest BCUT2D eigenvalue weighted by atomic mass is 35.5. The highest BCUT2D eigenvalue weighted by Crippen LogP contribution is 2.65. The van der Waals surface area contributed by atoms with Crippen LogP contribution in [-0.4, -0.2) is 57.3 Å². The van der Waals surface area contributed by atoms with Crippen LogP contribution in [0.5, 0.6) is 0 Å². The first-order valence-corrected chi connectivity index (χ1v) is 10.6. The highest BCUT2D eigenvalue weighted by molar-refractivity contribution is 7.80. The maximum atomic E-state index is 13.4. The second kappa shape index (κ2) is 6.59. The van der Waals surface area contributed by atoms with Gasteiger partial charge >= 0.3 is 7.12 Å². The minimum atomic E-state index is -1.47. The van der Waals surface area contributed by atoms with E-state index >= 15 is 0 Å². The zero-order chi connectivity index (χ0) is 17.8. The molecule has 1 heterocycles. The molecule has 4 unspecified atom stereocenters. The highest BCUT2D eigenvalue weighted by Gasteiger charge is 2.61. The minimum Gasteiger partial charge on any atom is -0.426 e. The van der Waals surface area contributed by atoms with Crippen LogP contribution in [0.1, 0.15) is 51.4 Å². The van der Waals surface area contributed by atoms with Crippen LogP contribution in [0.2, 0.25) is 0 Å². The molecule has 0 spiro atoms. The van der Waals surface area contributed by atoms with Crippen molar-refractivity contribution in [3.63, 3.8) is 0 Å². The monoisotopic (exact) mass is 386 g/mol. The van der Waals surface area contributed by atoms with Gasteiger partial charge in [0.1, 0.15) is 0 Å². The molecule has 140 valence electrons. The number of amides is 1. The molecule has 4 aliphatic carbocycles. The lowest BCUT2D eigenvalue weighted by Crippen LogP contribution is -2.65. The van der Waals surface area contributed by atoms with Gasteiger partial charge in [0, 0.05) is 17.3 Å². The molecular weight excluding hydrogens is 359 g/mol. The normalized spacial score (nSPS) is 43.5. The Morgan fingerprint density at radius 1 is 1.32 bits per heavy atom. The van der Waals surface area contributed by atoms with Gasteiger partial charge in [-0.2, -0.15) is 12.6 Å². The van der Waals surface area contributed by atoms with Gasteiger partial charge in [0.15, 0.2) is 0 Å². The smallest absolute Gasteiger partial charge is 0.426 e. The van der Waals surface area contributed by atoms with Gasteiger partial charge in [-0.25, -0.2) is 0 Å². The molecule has 0 aromatic rings. The summed E-state index contributed by atoms with van der Waals surface area (Å²) in [5.41, 5.74) is -0.112. The van der Waals surface area contributed by atoms with Gasteiger partial charge in [-0.15, -0.1) is 11.6 Å². The maximum absolute atomic E-state index is 13.4. The Morgan fingerprint density at radius 3 is 2.56 bits per heavy atom. The molecule has 0 aromatic heterocycles. The number of hydrogen-bond acceptors (Lipinski definition) is 5. The van der Waals surface area contributed by atoms with E-state index in [-0.39, 0.29) is 22.2 Å². The zero-order valence-electron chi connectivity index (χ0n) is 14.5. The number of alkyl halides is 1. The number of halogens is 1. The summed E-state index contributed by atoms with van der Waals surface area (Å²) in [6, 6.07) is -0.326. The number of nitrogens with one attached hydrogen (secondary N) is 1. The Hall–Kier alpha value is 0.0549. The van der Waals surface area contributed by atoms with E-state index in [1.54, 1.807) is 4.90 Å². The van der Waals surface area contributed by atoms with E-state index in [1.807, 2.05) is 0 Å². The summed E-state index contributed by atoms with van der Waals surface area (Å²) in [6.45, 7) is 0.598. The Morgan fingerprint density at radius 2 is 2.00 bits per heavy atom. The van der Waals surface area contributed by atoms with E-state index < -0.39 is 13.1 Å². The van der Waals surface area contributed by atoms with Gasteiger partial charge in [-0.05, 0) is 68.6 Å². The fraction of sp³-hybridized carbons (Fsp3) is 0.941. The van der Waals surface area contributed by atoms with Crippen molar-refractivity contribution in [3.05, 3.63) is 0 Å². The second-order valence-corrected chi connectivity index (χ2v) is 10.0. The first-order valence-electron chi connectivity index (χ1n) is 9.56. The molecule has 25 heavy (non-hydrogen) atoms. The Balaban J connectivity index is 1.62. The van der Waals surface area contributed by atoms with Crippen LogP contribution in [0.25, 0.3) is 0 Å². The Labute approximate surface area is 160 Å². The minimum absolute atomic E-state index is 0.00636. The molecule has 8 heteroatoms. The van der Waals surface area contributed by atoms with Crippen LogP contribution < -0.4 is 5.32 Å². The molecule has 5 rings (SSSR count). The number of carbonyl (C=O) groups is 1. The third kappa shape index (κ3) is 3.14. The molecule has 4 atom stereocenters. The topological polar surface area (TPSA) is 72.8 Å². The van der Waals surface area contributed by atoms with Crippen molar-refractivity contribution in [1.82, 2.24) is 10.2 Å². The van der Waals surface area contributed by atoms with E-state index in [4.69, 9.17) is 11.6 Å². The van der Waals surface area contributed by atoms with Crippen LogP contribution >= 0.6 is 24.2 Å². The first kappa shape index (κ1) is 18.4. The molecule has 4 bridgehead atoms. The standard InChI is InChI=1S/C17H28BClN2O3S/c19-17-7-11-4-12(8-17)6-16(5-11,9-17)14(20-10-25)15(22)21-3-1-2-13(21)18(23)24/h11-14,20,23-25H,1-10H2. The van der Waals surface area contributed by atoms with Crippen molar-refractivity contribution in [3.8, 4) is 0 Å². The molecule has 5 nitrogen and oxygen atoms in total. The molecule has 5 fully saturated rings. The lowest BCUT2D eigenvalue weighted by Gasteiger charge is -2.62. The largest absolute Gasteiger partial charge is 0.475 e.